The van der Waals surface area contributed by atoms with Gasteiger partial charge in [0.1, 0.15) is 0 Å². The molecule has 1 aromatic carbocycles. The zero-order valence-electron chi connectivity index (χ0n) is 11.4. The van der Waals surface area contributed by atoms with Crippen LogP contribution < -0.4 is 11.2 Å². The molecule has 2 heterocycles. The van der Waals surface area contributed by atoms with Crippen LogP contribution in [-0.4, -0.2) is 20.9 Å². The Bertz CT molecular complexity index is 852. The summed E-state index contributed by atoms with van der Waals surface area (Å²) in [7, 11) is 0. The maximum Gasteiger partial charge on any atom is 0.184 e. The van der Waals surface area contributed by atoms with Crippen molar-refractivity contribution in [3.8, 4) is 0 Å². The van der Waals surface area contributed by atoms with Crippen molar-refractivity contribution >= 4 is 57.4 Å². The first-order valence-electron chi connectivity index (χ1n) is 6.40. The van der Waals surface area contributed by atoms with E-state index in [2.05, 4.69) is 26.1 Å². The summed E-state index contributed by atoms with van der Waals surface area (Å²) in [5, 5.41) is 5.27. The average Bonchev–Trinajstić information content (AvgIpc) is 3.04. The number of rotatable bonds is 4. The van der Waals surface area contributed by atoms with Gasteiger partial charge in [0, 0.05) is 33.7 Å². The first-order valence-corrected chi connectivity index (χ1v) is 8.00. The van der Waals surface area contributed by atoms with Crippen molar-refractivity contribution in [1.82, 2.24) is 15.0 Å². The molecular formula is C14H12ClN5S2. The number of hydrazone groups is 1. The molecule has 8 heteroatoms. The molecule has 3 aromatic rings. The van der Waals surface area contributed by atoms with Gasteiger partial charge in [0.2, 0.25) is 0 Å². The van der Waals surface area contributed by atoms with Crippen molar-refractivity contribution in [2.75, 3.05) is 0 Å². The third kappa shape index (κ3) is 3.27. The number of para-hydroxylation sites is 1. The molecule has 5 nitrogen and oxygen atoms in total. The summed E-state index contributed by atoms with van der Waals surface area (Å²) in [6, 6.07) is 8.12. The smallest absolute Gasteiger partial charge is 0.184 e. The minimum atomic E-state index is 0.138. The second-order valence-electron chi connectivity index (χ2n) is 4.54. The molecule has 3 N–H and O–H groups in total. The minimum absolute atomic E-state index is 0.138. The van der Waals surface area contributed by atoms with Crippen molar-refractivity contribution < 1.29 is 0 Å². The number of nitrogens with one attached hydrogen (secondary N) is 1. The van der Waals surface area contributed by atoms with E-state index in [1.807, 2.05) is 24.4 Å². The van der Waals surface area contributed by atoms with Crippen molar-refractivity contribution in [1.29, 1.82) is 0 Å². The highest BCUT2D eigenvalue weighted by molar-refractivity contribution is 7.80. The van der Waals surface area contributed by atoms with Gasteiger partial charge < -0.3 is 10.3 Å². The largest absolute Gasteiger partial charge is 0.375 e. The molecule has 0 amide bonds. The van der Waals surface area contributed by atoms with Gasteiger partial charge in [0.25, 0.3) is 0 Å². The molecule has 3 rings (SSSR count). The van der Waals surface area contributed by atoms with Gasteiger partial charge in [-0.05, 0) is 18.3 Å². The van der Waals surface area contributed by atoms with Crippen LogP contribution in [0.4, 0.5) is 0 Å². The quantitative estimate of drug-likeness (QED) is 0.431. The van der Waals surface area contributed by atoms with Crippen LogP contribution in [0.25, 0.3) is 10.9 Å². The Balaban J connectivity index is 1.96. The van der Waals surface area contributed by atoms with Crippen LogP contribution in [-0.2, 0) is 6.54 Å². The molecule has 0 spiro atoms. The lowest BCUT2D eigenvalue weighted by Crippen LogP contribution is -2.23. The predicted molar refractivity (Wildman–Crippen MR) is 95.7 cm³/mol. The first kappa shape index (κ1) is 15.0. The van der Waals surface area contributed by atoms with Gasteiger partial charge in [-0.3, -0.25) is 5.43 Å². The zero-order valence-corrected chi connectivity index (χ0v) is 13.8. The molecule has 0 radical (unpaired) electrons. The maximum atomic E-state index is 5.89. The molecule has 0 aliphatic carbocycles. The molecule has 0 fully saturated rings. The van der Waals surface area contributed by atoms with Crippen LogP contribution in [0, 0.1) is 0 Å². The van der Waals surface area contributed by atoms with Crippen molar-refractivity contribution in [3.05, 3.63) is 51.6 Å². The second kappa shape index (κ2) is 6.43. The standard InChI is InChI=1S/C14H12ClN5S2/c15-13-17-6-10(22-13)8-20-7-9(5-18-19-14(16)21)11-3-1-2-4-12(11)20/h1-7H,8H2,(H3,16,19,21)/b18-5+. The molecule has 0 saturated carbocycles. The number of fused-ring (bicyclic) bond motifs is 1. The Morgan fingerprint density at radius 3 is 3.05 bits per heavy atom. The van der Waals surface area contributed by atoms with E-state index in [-0.39, 0.29) is 5.11 Å². The van der Waals surface area contributed by atoms with E-state index in [1.165, 1.54) is 11.3 Å². The van der Waals surface area contributed by atoms with Gasteiger partial charge in [0.05, 0.1) is 12.8 Å². The fraction of sp³-hybridized carbons (Fsp3) is 0.0714. The average molecular weight is 350 g/mol. The number of hydrogen-bond acceptors (Lipinski definition) is 4. The number of hydrogen-bond donors (Lipinski definition) is 2. The van der Waals surface area contributed by atoms with E-state index < -0.39 is 0 Å². The predicted octanol–water partition coefficient (Wildman–Crippen LogP) is 2.97. The van der Waals surface area contributed by atoms with Crippen LogP contribution in [0.3, 0.4) is 0 Å². The van der Waals surface area contributed by atoms with Crippen LogP contribution in [0.2, 0.25) is 4.47 Å². The highest BCUT2D eigenvalue weighted by Crippen LogP contribution is 2.24. The van der Waals surface area contributed by atoms with Gasteiger partial charge in [-0.1, -0.05) is 29.8 Å². The van der Waals surface area contributed by atoms with Gasteiger partial charge in [-0.15, -0.1) is 11.3 Å². The summed E-state index contributed by atoms with van der Waals surface area (Å²) in [6.07, 6.45) is 5.53. The number of halogens is 1. The SMILES string of the molecule is NC(=S)N/N=C/c1cn(Cc2cnc(Cl)s2)c2ccccc12. The van der Waals surface area contributed by atoms with Crippen LogP contribution >= 0.6 is 35.2 Å². The molecule has 0 aliphatic heterocycles. The lowest BCUT2D eigenvalue weighted by Gasteiger charge is -2.01. The monoisotopic (exact) mass is 349 g/mol. The van der Waals surface area contributed by atoms with Crippen molar-refractivity contribution in [2.45, 2.75) is 6.54 Å². The number of nitrogens with zero attached hydrogens (tertiary/aromatic N) is 3. The number of aromatic nitrogens is 2. The Kier molecular flexibility index (Phi) is 4.37. The lowest BCUT2D eigenvalue weighted by molar-refractivity contribution is 0.848. The normalized spacial score (nSPS) is 11.3. The lowest BCUT2D eigenvalue weighted by atomic mass is 10.2. The highest BCUT2D eigenvalue weighted by atomic mass is 35.5. The van der Waals surface area contributed by atoms with Crippen LogP contribution in [0.5, 0.6) is 0 Å². The molecule has 22 heavy (non-hydrogen) atoms. The van der Waals surface area contributed by atoms with Crippen molar-refractivity contribution in [2.24, 2.45) is 10.8 Å². The molecule has 2 aromatic heterocycles. The molecule has 0 saturated heterocycles. The summed E-state index contributed by atoms with van der Waals surface area (Å²) >= 11 is 12.1. The summed E-state index contributed by atoms with van der Waals surface area (Å²) in [4.78, 5) is 5.17. The second-order valence-corrected chi connectivity index (χ2v) is 6.68. The molecular weight excluding hydrogens is 338 g/mol. The fourth-order valence-corrected chi connectivity index (χ4v) is 3.23. The van der Waals surface area contributed by atoms with E-state index in [0.29, 0.717) is 11.0 Å². The third-order valence-electron chi connectivity index (χ3n) is 3.05. The topological polar surface area (TPSA) is 68.2 Å². The van der Waals surface area contributed by atoms with E-state index in [4.69, 9.17) is 29.6 Å². The minimum Gasteiger partial charge on any atom is -0.375 e. The Morgan fingerprint density at radius 2 is 2.32 bits per heavy atom. The van der Waals surface area contributed by atoms with Crippen LogP contribution in [0.15, 0.2) is 41.8 Å². The molecule has 0 aliphatic rings. The fourth-order valence-electron chi connectivity index (χ4n) is 2.20. The van der Waals surface area contributed by atoms with E-state index >= 15 is 0 Å². The zero-order chi connectivity index (χ0) is 15.5. The van der Waals surface area contributed by atoms with E-state index in [9.17, 15) is 0 Å². The Labute approximate surface area is 141 Å². The molecule has 0 bridgehead atoms. The summed E-state index contributed by atoms with van der Waals surface area (Å²) in [5.74, 6) is 0. The van der Waals surface area contributed by atoms with Gasteiger partial charge in [-0.2, -0.15) is 5.10 Å². The van der Waals surface area contributed by atoms with Gasteiger partial charge in [-0.25, -0.2) is 4.98 Å². The summed E-state index contributed by atoms with van der Waals surface area (Å²) < 4.78 is 2.69. The molecule has 0 atom stereocenters. The molecule has 112 valence electrons. The maximum absolute atomic E-state index is 5.89. The number of thiazole rings is 1. The number of nitrogens with two attached hydrogens (primary N) is 1. The number of thiocarbonyl (C=S) groups is 1. The molecule has 0 unspecified atom stereocenters. The van der Waals surface area contributed by atoms with Gasteiger partial charge >= 0.3 is 0 Å². The Morgan fingerprint density at radius 1 is 1.50 bits per heavy atom. The summed E-state index contributed by atoms with van der Waals surface area (Å²) in [5.41, 5.74) is 10.0. The highest BCUT2D eigenvalue weighted by Gasteiger charge is 2.08. The van der Waals surface area contributed by atoms with E-state index in [0.717, 1.165) is 21.3 Å². The third-order valence-corrected chi connectivity index (χ3v) is 4.24. The Hall–Kier alpha value is -1.96. The first-order chi connectivity index (χ1) is 10.6. The number of benzene rings is 1. The van der Waals surface area contributed by atoms with E-state index in [1.54, 1.807) is 12.4 Å². The summed E-state index contributed by atoms with van der Waals surface area (Å²) in [6.45, 7) is 0.710. The van der Waals surface area contributed by atoms with Crippen LogP contribution in [0.1, 0.15) is 10.4 Å². The van der Waals surface area contributed by atoms with Gasteiger partial charge in [0.15, 0.2) is 9.58 Å². The van der Waals surface area contributed by atoms with Crippen molar-refractivity contribution in [3.63, 3.8) is 0 Å².